The molecule has 2 aromatic rings. The molecule has 0 spiro atoms. The molecule has 0 N–H and O–H groups in total. The van der Waals surface area contributed by atoms with Crippen LogP contribution in [-0.4, -0.2) is 56.5 Å². The Morgan fingerprint density at radius 3 is 2.52 bits per heavy atom. The van der Waals surface area contributed by atoms with Gasteiger partial charge in [0.2, 0.25) is 5.91 Å². The monoisotopic (exact) mass is 370 g/mol. The fraction of sp³-hybridized carbons (Fsp3) is 0.579. The third-order valence-electron chi connectivity index (χ3n) is 5.47. The Kier molecular flexibility index (Phi) is 4.72. The van der Waals surface area contributed by atoms with Crippen LogP contribution in [0.15, 0.2) is 23.1 Å². The number of likely N-dealkylation sites (tertiary alicyclic amines) is 1. The summed E-state index contributed by atoms with van der Waals surface area (Å²) in [5.41, 5.74) is 2.73. The molecule has 144 valence electrons. The number of hydrogen-bond acceptors (Lipinski definition) is 5. The van der Waals surface area contributed by atoms with Crippen molar-refractivity contribution in [2.45, 2.75) is 45.7 Å². The van der Waals surface area contributed by atoms with Crippen LogP contribution >= 0.6 is 0 Å². The van der Waals surface area contributed by atoms with E-state index in [-0.39, 0.29) is 24.1 Å². The largest absolute Gasteiger partial charge is 0.370 e. The summed E-state index contributed by atoms with van der Waals surface area (Å²) >= 11 is 0. The molecule has 8 heteroatoms. The highest BCUT2D eigenvalue weighted by Crippen LogP contribution is 2.23. The summed E-state index contributed by atoms with van der Waals surface area (Å²) in [4.78, 5) is 28.8. The predicted molar refractivity (Wildman–Crippen MR) is 102 cm³/mol. The molecule has 27 heavy (non-hydrogen) atoms. The van der Waals surface area contributed by atoms with Crippen LogP contribution in [0.1, 0.15) is 36.7 Å². The third kappa shape index (κ3) is 3.61. The maximum absolute atomic E-state index is 12.5. The molecule has 2 fully saturated rings. The van der Waals surface area contributed by atoms with Crippen LogP contribution in [0.5, 0.6) is 0 Å². The minimum atomic E-state index is -0.220. The van der Waals surface area contributed by atoms with Crippen molar-refractivity contribution in [2.24, 2.45) is 0 Å². The number of hydrogen-bond donors (Lipinski definition) is 0. The number of carbonyl (C=O) groups is 1. The van der Waals surface area contributed by atoms with E-state index < -0.39 is 0 Å². The first-order chi connectivity index (χ1) is 13.0. The Balaban J connectivity index is 1.36. The molecule has 0 aliphatic carbocycles. The maximum atomic E-state index is 12.5. The molecule has 0 atom stereocenters. The van der Waals surface area contributed by atoms with Gasteiger partial charge in [-0.05, 0) is 39.2 Å². The SMILES string of the molecule is Cc1cc(C)n(C2CN(C(=O)Cn3ncc(N4CCCCC4)cc3=O)C2)n1. The van der Waals surface area contributed by atoms with Crippen molar-refractivity contribution >= 4 is 11.6 Å². The number of piperidine rings is 1. The summed E-state index contributed by atoms with van der Waals surface area (Å²) in [5.74, 6) is -0.0758. The lowest BCUT2D eigenvalue weighted by atomic mass is 10.1. The first-order valence-corrected chi connectivity index (χ1v) is 9.64. The van der Waals surface area contributed by atoms with Crippen molar-refractivity contribution in [2.75, 3.05) is 31.1 Å². The molecule has 2 aliphatic heterocycles. The van der Waals surface area contributed by atoms with E-state index in [1.807, 2.05) is 24.6 Å². The van der Waals surface area contributed by atoms with E-state index in [0.717, 1.165) is 43.0 Å². The Morgan fingerprint density at radius 1 is 1.15 bits per heavy atom. The average molecular weight is 370 g/mol. The van der Waals surface area contributed by atoms with Crippen molar-refractivity contribution in [1.82, 2.24) is 24.5 Å². The van der Waals surface area contributed by atoms with Crippen molar-refractivity contribution in [3.63, 3.8) is 0 Å². The number of aromatic nitrogens is 4. The second-order valence-electron chi connectivity index (χ2n) is 7.58. The summed E-state index contributed by atoms with van der Waals surface area (Å²) in [5, 5.41) is 8.71. The summed E-state index contributed by atoms with van der Waals surface area (Å²) in [6.45, 7) is 7.16. The Hall–Kier alpha value is -2.64. The summed E-state index contributed by atoms with van der Waals surface area (Å²) in [7, 11) is 0. The van der Waals surface area contributed by atoms with E-state index in [4.69, 9.17) is 0 Å². The number of carbonyl (C=O) groups excluding carboxylic acids is 1. The summed E-state index contributed by atoms with van der Waals surface area (Å²) in [6, 6.07) is 3.85. The first-order valence-electron chi connectivity index (χ1n) is 9.64. The van der Waals surface area contributed by atoms with Crippen LogP contribution in [0.2, 0.25) is 0 Å². The van der Waals surface area contributed by atoms with Crippen LogP contribution in [-0.2, 0) is 11.3 Å². The lowest BCUT2D eigenvalue weighted by Gasteiger charge is -2.39. The van der Waals surface area contributed by atoms with Gasteiger partial charge in [-0.15, -0.1) is 0 Å². The number of aryl methyl sites for hydroxylation is 2. The minimum absolute atomic E-state index is 0.0110. The third-order valence-corrected chi connectivity index (χ3v) is 5.47. The van der Waals surface area contributed by atoms with Gasteiger partial charge >= 0.3 is 0 Å². The van der Waals surface area contributed by atoms with Gasteiger partial charge in [0.05, 0.1) is 23.6 Å². The van der Waals surface area contributed by atoms with Crippen molar-refractivity contribution < 1.29 is 4.79 Å². The molecular weight excluding hydrogens is 344 g/mol. The molecule has 4 rings (SSSR count). The quantitative estimate of drug-likeness (QED) is 0.806. The molecule has 0 aromatic carbocycles. The van der Waals surface area contributed by atoms with Gasteiger partial charge in [-0.25, -0.2) is 4.68 Å². The molecule has 2 aromatic heterocycles. The molecule has 0 saturated carbocycles. The molecule has 1 amide bonds. The molecule has 0 bridgehead atoms. The van der Waals surface area contributed by atoms with Gasteiger partial charge in [-0.3, -0.25) is 14.3 Å². The van der Waals surface area contributed by atoms with E-state index in [1.165, 1.54) is 11.1 Å². The van der Waals surface area contributed by atoms with Crippen molar-refractivity contribution in [1.29, 1.82) is 0 Å². The highest BCUT2D eigenvalue weighted by Gasteiger charge is 2.33. The van der Waals surface area contributed by atoms with Gasteiger partial charge in [0.15, 0.2) is 0 Å². The van der Waals surface area contributed by atoms with Gasteiger partial charge in [-0.2, -0.15) is 10.2 Å². The van der Waals surface area contributed by atoms with Crippen molar-refractivity contribution in [3.05, 3.63) is 40.1 Å². The Bertz CT molecular complexity index is 890. The fourth-order valence-electron chi connectivity index (χ4n) is 3.93. The Labute approximate surface area is 158 Å². The highest BCUT2D eigenvalue weighted by molar-refractivity contribution is 5.76. The molecule has 8 nitrogen and oxygen atoms in total. The van der Waals surface area contributed by atoms with E-state index in [1.54, 1.807) is 17.2 Å². The van der Waals surface area contributed by atoms with E-state index >= 15 is 0 Å². The van der Waals surface area contributed by atoms with Crippen LogP contribution < -0.4 is 10.5 Å². The van der Waals surface area contributed by atoms with E-state index in [9.17, 15) is 9.59 Å². The lowest BCUT2D eigenvalue weighted by molar-refractivity contribution is -0.138. The van der Waals surface area contributed by atoms with Crippen LogP contribution in [0.25, 0.3) is 0 Å². The molecule has 4 heterocycles. The lowest BCUT2D eigenvalue weighted by Crippen LogP contribution is -2.52. The topological polar surface area (TPSA) is 76.3 Å². The number of anilines is 1. The van der Waals surface area contributed by atoms with Gasteiger partial charge < -0.3 is 9.80 Å². The van der Waals surface area contributed by atoms with Gasteiger partial charge in [-0.1, -0.05) is 0 Å². The molecular formula is C19H26N6O2. The zero-order valence-electron chi connectivity index (χ0n) is 16.0. The molecule has 0 radical (unpaired) electrons. The van der Waals surface area contributed by atoms with Gasteiger partial charge in [0.25, 0.3) is 5.56 Å². The fourth-order valence-corrected chi connectivity index (χ4v) is 3.93. The summed E-state index contributed by atoms with van der Waals surface area (Å²) < 4.78 is 3.24. The van der Waals surface area contributed by atoms with Gasteiger partial charge in [0.1, 0.15) is 6.54 Å². The second-order valence-corrected chi connectivity index (χ2v) is 7.58. The summed E-state index contributed by atoms with van der Waals surface area (Å²) in [6.07, 6.45) is 5.23. The van der Waals surface area contributed by atoms with Crippen LogP contribution in [0, 0.1) is 13.8 Å². The van der Waals surface area contributed by atoms with Crippen LogP contribution in [0.4, 0.5) is 5.69 Å². The highest BCUT2D eigenvalue weighted by atomic mass is 16.2. The first kappa shape index (κ1) is 17.8. The average Bonchev–Trinajstić information content (AvgIpc) is 2.94. The van der Waals surface area contributed by atoms with E-state index in [2.05, 4.69) is 15.1 Å². The zero-order chi connectivity index (χ0) is 19.0. The van der Waals surface area contributed by atoms with Crippen molar-refractivity contribution in [3.8, 4) is 0 Å². The maximum Gasteiger partial charge on any atom is 0.269 e. The Morgan fingerprint density at radius 2 is 1.89 bits per heavy atom. The normalized spacial score (nSPS) is 17.9. The van der Waals surface area contributed by atoms with Crippen LogP contribution in [0.3, 0.4) is 0 Å². The molecule has 0 unspecified atom stereocenters. The number of amides is 1. The predicted octanol–water partition coefficient (Wildman–Crippen LogP) is 1.13. The second kappa shape index (κ2) is 7.17. The van der Waals surface area contributed by atoms with Gasteiger partial charge in [0, 0.05) is 37.9 Å². The zero-order valence-corrected chi connectivity index (χ0v) is 16.0. The smallest absolute Gasteiger partial charge is 0.269 e. The number of nitrogens with zero attached hydrogens (tertiary/aromatic N) is 6. The minimum Gasteiger partial charge on any atom is -0.370 e. The standard InChI is InChI=1S/C19H26N6O2/c1-14-8-15(2)25(21-14)17-11-23(12-17)19(27)13-24-18(26)9-16(10-20-24)22-6-4-3-5-7-22/h8-10,17H,3-7,11-13H2,1-2H3. The molecule has 2 saturated heterocycles. The molecule has 2 aliphatic rings. The van der Waals surface area contributed by atoms with E-state index in [0.29, 0.717) is 13.1 Å². The number of rotatable bonds is 4.